The summed E-state index contributed by atoms with van der Waals surface area (Å²) in [5, 5.41) is 36.1. The topological polar surface area (TPSA) is 104 Å². The molecular formula is C23H19BClFN4O2. The van der Waals surface area contributed by atoms with Crippen LogP contribution in [0, 0.1) is 16.6 Å². The second kappa shape index (κ2) is 8.66. The standard InChI is InChI=1S/C23H19BClFN4O2/c1-13(27)30-21-9-5-15(16-4-8-20(26)19(11-16)24(31)32)10-18(21)23(29-12-22(30)28)14-2-6-17(25)7-3-14/h2-11,27-28,31-32H,12H2,1H3. The molecular weight excluding hydrogens is 430 g/mol. The van der Waals surface area contributed by atoms with E-state index in [2.05, 4.69) is 4.99 Å². The number of nitrogens with one attached hydrogen (secondary N) is 2. The number of anilines is 1. The Labute approximate surface area is 189 Å². The van der Waals surface area contributed by atoms with Gasteiger partial charge in [-0.15, -0.1) is 0 Å². The Hall–Kier alpha value is -3.33. The molecule has 0 saturated heterocycles. The highest BCUT2D eigenvalue weighted by atomic mass is 35.5. The minimum absolute atomic E-state index is 0.0929. The van der Waals surface area contributed by atoms with Crippen LogP contribution in [0.15, 0.2) is 65.7 Å². The molecule has 3 aromatic carbocycles. The van der Waals surface area contributed by atoms with E-state index in [1.54, 1.807) is 37.3 Å². The van der Waals surface area contributed by atoms with Gasteiger partial charge in [-0.1, -0.05) is 41.9 Å². The van der Waals surface area contributed by atoms with Gasteiger partial charge >= 0.3 is 7.12 Å². The molecule has 0 aliphatic carbocycles. The van der Waals surface area contributed by atoms with Crippen LogP contribution >= 0.6 is 11.6 Å². The maximum absolute atomic E-state index is 14.0. The molecule has 1 heterocycles. The van der Waals surface area contributed by atoms with Gasteiger partial charge < -0.3 is 10.0 Å². The molecule has 3 aromatic rings. The smallest absolute Gasteiger partial charge is 0.423 e. The van der Waals surface area contributed by atoms with E-state index in [4.69, 9.17) is 22.4 Å². The molecule has 32 heavy (non-hydrogen) atoms. The van der Waals surface area contributed by atoms with Gasteiger partial charge in [0, 0.05) is 21.6 Å². The van der Waals surface area contributed by atoms with Gasteiger partial charge in [0.25, 0.3) is 0 Å². The van der Waals surface area contributed by atoms with Gasteiger partial charge in [-0.2, -0.15) is 0 Å². The summed E-state index contributed by atoms with van der Waals surface area (Å²) in [5.41, 5.74) is 3.82. The Balaban J connectivity index is 1.93. The third kappa shape index (κ3) is 4.08. The molecule has 0 spiro atoms. The fraction of sp³-hybridized carbons (Fsp3) is 0.0870. The number of rotatable bonds is 3. The van der Waals surface area contributed by atoms with E-state index in [-0.39, 0.29) is 23.7 Å². The van der Waals surface area contributed by atoms with Crippen LogP contribution in [0.5, 0.6) is 0 Å². The van der Waals surface area contributed by atoms with Crippen molar-refractivity contribution in [2.45, 2.75) is 6.92 Å². The lowest BCUT2D eigenvalue weighted by molar-refractivity contribution is 0.423. The number of hydrogen-bond donors (Lipinski definition) is 4. The lowest BCUT2D eigenvalue weighted by Crippen LogP contribution is -2.35. The molecule has 0 amide bonds. The van der Waals surface area contributed by atoms with E-state index in [1.165, 1.54) is 17.0 Å². The number of benzodiazepines with no additional fused rings is 1. The molecule has 4 N–H and O–H groups in total. The van der Waals surface area contributed by atoms with E-state index < -0.39 is 12.9 Å². The minimum Gasteiger partial charge on any atom is -0.423 e. The average molecular weight is 449 g/mol. The first-order valence-corrected chi connectivity index (χ1v) is 10.2. The van der Waals surface area contributed by atoms with Crippen molar-refractivity contribution in [3.8, 4) is 11.1 Å². The van der Waals surface area contributed by atoms with Crippen molar-refractivity contribution in [2.75, 3.05) is 11.4 Å². The summed E-state index contributed by atoms with van der Waals surface area (Å²) in [4.78, 5) is 6.17. The number of amidine groups is 2. The first kappa shape index (κ1) is 21.9. The van der Waals surface area contributed by atoms with Crippen LogP contribution in [0.4, 0.5) is 10.1 Å². The molecule has 0 fully saturated rings. The number of aliphatic imine (C=N–C) groups is 1. The molecule has 0 radical (unpaired) electrons. The number of fused-ring (bicyclic) bond motifs is 1. The Kier molecular flexibility index (Phi) is 5.93. The van der Waals surface area contributed by atoms with Gasteiger partial charge in [-0.05, 0) is 48.4 Å². The van der Waals surface area contributed by atoms with Crippen molar-refractivity contribution in [3.63, 3.8) is 0 Å². The van der Waals surface area contributed by atoms with Crippen LogP contribution in [0.25, 0.3) is 11.1 Å². The third-order valence-corrected chi connectivity index (χ3v) is 5.46. The first-order valence-electron chi connectivity index (χ1n) is 9.79. The Bertz CT molecular complexity index is 1260. The Morgan fingerprint density at radius 1 is 1.03 bits per heavy atom. The summed E-state index contributed by atoms with van der Waals surface area (Å²) in [6.07, 6.45) is 0. The number of hydrogen-bond acceptors (Lipinski definition) is 5. The molecule has 0 atom stereocenters. The monoisotopic (exact) mass is 448 g/mol. The Morgan fingerprint density at radius 3 is 2.31 bits per heavy atom. The largest absolute Gasteiger partial charge is 0.491 e. The van der Waals surface area contributed by atoms with Crippen molar-refractivity contribution in [3.05, 3.63) is 82.6 Å². The molecule has 1 aliphatic rings. The molecule has 0 unspecified atom stereocenters. The van der Waals surface area contributed by atoms with Gasteiger partial charge in [-0.25, -0.2) is 4.39 Å². The average Bonchev–Trinajstić information content (AvgIpc) is 2.90. The van der Waals surface area contributed by atoms with Crippen LogP contribution in [-0.4, -0.2) is 41.1 Å². The summed E-state index contributed by atoms with van der Waals surface area (Å²) < 4.78 is 14.0. The quantitative estimate of drug-likeness (QED) is 0.280. The van der Waals surface area contributed by atoms with Crippen molar-refractivity contribution >= 4 is 47.3 Å². The van der Waals surface area contributed by atoms with Crippen molar-refractivity contribution in [1.82, 2.24) is 0 Å². The second-order valence-electron chi connectivity index (χ2n) is 7.38. The van der Waals surface area contributed by atoms with E-state index >= 15 is 0 Å². The van der Waals surface area contributed by atoms with Crippen LogP contribution in [-0.2, 0) is 0 Å². The molecule has 0 saturated carbocycles. The number of halogens is 2. The van der Waals surface area contributed by atoms with Crippen LogP contribution in [0.3, 0.4) is 0 Å². The normalized spacial score (nSPS) is 13.3. The highest BCUT2D eigenvalue weighted by Gasteiger charge is 2.25. The maximum atomic E-state index is 14.0. The van der Waals surface area contributed by atoms with Gasteiger partial charge in [0.2, 0.25) is 0 Å². The zero-order valence-corrected chi connectivity index (χ0v) is 17.9. The predicted molar refractivity (Wildman–Crippen MR) is 127 cm³/mol. The van der Waals surface area contributed by atoms with Gasteiger partial charge in [0.05, 0.1) is 17.9 Å². The van der Waals surface area contributed by atoms with Crippen LogP contribution in [0.1, 0.15) is 18.1 Å². The first-order chi connectivity index (χ1) is 15.3. The lowest BCUT2D eigenvalue weighted by atomic mass is 9.78. The molecule has 160 valence electrons. The van der Waals surface area contributed by atoms with E-state index in [0.29, 0.717) is 33.1 Å². The molecule has 0 aromatic heterocycles. The zero-order chi connectivity index (χ0) is 23.0. The highest BCUT2D eigenvalue weighted by Crippen LogP contribution is 2.32. The minimum atomic E-state index is -1.93. The lowest BCUT2D eigenvalue weighted by Gasteiger charge is -2.24. The van der Waals surface area contributed by atoms with Crippen LogP contribution < -0.4 is 10.4 Å². The van der Waals surface area contributed by atoms with E-state index in [9.17, 15) is 14.4 Å². The van der Waals surface area contributed by atoms with Crippen molar-refractivity contribution in [2.24, 2.45) is 4.99 Å². The highest BCUT2D eigenvalue weighted by molar-refractivity contribution is 6.58. The van der Waals surface area contributed by atoms with Crippen molar-refractivity contribution in [1.29, 1.82) is 10.8 Å². The SMILES string of the molecule is CC(=N)N1C(=N)CN=C(c2ccc(Cl)cc2)c2cc(-c3ccc(F)c(B(O)O)c3)ccc21. The molecule has 9 heteroatoms. The van der Waals surface area contributed by atoms with Crippen LogP contribution in [0.2, 0.25) is 5.02 Å². The fourth-order valence-corrected chi connectivity index (χ4v) is 3.84. The van der Waals surface area contributed by atoms with E-state index in [1.807, 2.05) is 18.2 Å². The molecule has 4 rings (SSSR count). The second-order valence-corrected chi connectivity index (χ2v) is 7.82. The summed E-state index contributed by atoms with van der Waals surface area (Å²) in [7, 11) is -1.93. The summed E-state index contributed by atoms with van der Waals surface area (Å²) in [5.74, 6) is -0.354. The van der Waals surface area contributed by atoms with Gasteiger partial charge in [0.1, 0.15) is 17.5 Å². The molecule has 0 bridgehead atoms. The van der Waals surface area contributed by atoms with E-state index in [0.717, 1.165) is 5.56 Å². The maximum Gasteiger partial charge on any atom is 0.491 e. The van der Waals surface area contributed by atoms with Gasteiger partial charge in [-0.3, -0.25) is 20.7 Å². The zero-order valence-electron chi connectivity index (χ0n) is 17.1. The molecule has 6 nitrogen and oxygen atoms in total. The third-order valence-electron chi connectivity index (χ3n) is 5.21. The summed E-state index contributed by atoms with van der Waals surface area (Å²) in [6.45, 7) is 1.70. The number of benzene rings is 3. The summed E-state index contributed by atoms with van der Waals surface area (Å²) in [6, 6.07) is 16.7. The number of nitrogens with zero attached hydrogens (tertiary/aromatic N) is 2. The predicted octanol–water partition coefficient (Wildman–Crippen LogP) is 3.46. The van der Waals surface area contributed by atoms with Gasteiger partial charge in [0.15, 0.2) is 0 Å². The van der Waals surface area contributed by atoms with Crippen molar-refractivity contribution < 1.29 is 14.4 Å². The Morgan fingerprint density at radius 2 is 1.66 bits per heavy atom. The molecule has 1 aliphatic heterocycles. The fourth-order valence-electron chi connectivity index (χ4n) is 3.71. The summed E-state index contributed by atoms with van der Waals surface area (Å²) >= 11 is 6.05.